The van der Waals surface area contributed by atoms with Crippen molar-refractivity contribution in [3.63, 3.8) is 0 Å². The summed E-state index contributed by atoms with van der Waals surface area (Å²) in [6.45, 7) is 13.8. The lowest BCUT2D eigenvalue weighted by Gasteiger charge is -2.25. The lowest BCUT2D eigenvalue weighted by Crippen LogP contribution is -2.46. The Morgan fingerprint density at radius 2 is 1.00 bits per heavy atom. The van der Waals surface area contributed by atoms with E-state index < -0.39 is 16.1 Å². The van der Waals surface area contributed by atoms with Crippen molar-refractivity contribution in [2.24, 2.45) is 0 Å². The third-order valence-electron chi connectivity index (χ3n) is 3.11. The molecule has 0 amide bonds. The molecular formula is C16H22Si2. The SMILES string of the molecule is C#Cc1c([Si](C)(C)C)ccc([Si](C)(C)C)c1C#C. The van der Waals surface area contributed by atoms with Crippen LogP contribution in [0.3, 0.4) is 0 Å². The Hall–Kier alpha value is -1.23. The van der Waals surface area contributed by atoms with Gasteiger partial charge in [-0.25, -0.2) is 0 Å². The maximum Gasteiger partial charge on any atom is 0.0792 e. The third kappa shape index (κ3) is 2.78. The Labute approximate surface area is 114 Å². The largest absolute Gasteiger partial charge is 0.115 e. The van der Waals surface area contributed by atoms with E-state index in [0.717, 1.165) is 11.1 Å². The van der Waals surface area contributed by atoms with Crippen LogP contribution < -0.4 is 10.4 Å². The molecule has 0 bridgehead atoms. The highest BCUT2D eigenvalue weighted by atomic mass is 28.3. The molecule has 0 spiro atoms. The fourth-order valence-electron chi connectivity index (χ4n) is 2.15. The zero-order chi connectivity index (χ0) is 14.1. The van der Waals surface area contributed by atoms with Crippen molar-refractivity contribution in [2.45, 2.75) is 39.3 Å². The van der Waals surface area contributed by atoms with Gasteiger partial charge in [-0.1, -0.05) is 63.3 Å². The third-order valence-corrected chi connectivity index (χ3v) is 7.18. The van der Waals surface area contributed by atoms with Gasteiger partial charge in [0, 0.05) is 11.1 Å². The summed E-state index contributed by atoms with van der Waals surface area (Å²) in [5.41, 5.74) is 1.94. The minimum Gasteiger partial charge on any atom is -0.115 e. The normalized spacial score (nSPS) is 11.8. The molecule has 0 fully saturated rings. The quantitative estimate of drug-likeness (QED) is 0.573. The van der Waals surface area contributed by atoms with Gasteiger partial charge in [-0.3, -0.25) is 0 Å². The fraction of sp³-hybridized carbons (Fsp3) is 0.375. The molecule has 0 unspecified atom stereocenters. The Balaban J connectivity index is 3.71. The maximum atomic E-state index is 5.73. The number of hydrogen-bond acceptors (Lipinski definition) is 0. The molecule has 94 valence electrons. The molecule has 0 saturated carbocycles. The minimum atomic E-state index is -1.45. The fourth-order valence-corrected chi connectivity index (χ4v) is 5.21. The first-order valence-corrected chi connectivity index (χ1v) is 13.2. The van der Waals surface area contributed by atoms with Crippen LogP contribution in [0, 0.1) is 24.7 Å². The Morgan fingerprint density at radius 3 is 1.17 bits per heavy atom. The van der Waals surface area contributed by atoms with Crippen LogP contribution in [0.15, 0.2) is 12.1 Å². The van der Waals surface area contributed by atoms with E-state index in [2.05, 4.69) is 63.3 Å². The van der Waals surface area contributed by atoms with Crippen molar-refractivity contribution in [3.05, 3.63) is 23.3 Å². The van der Waals surface area contributed by atoms with Gasteiger partial charge in [0.05, 0.1) is 16.1 Å². The topological polar surface area (TPSA) is 0 Å². The number of benzene rings is 1. The molecule has 2 heteroatoms. The molecule has 0 saturated heterocycles. The first kappa shape index (κ1) is 14.8. The van der Waals surface area contributed by atoms with E-state index in [1.54, 1.807) is 0 Å². The number of terminal acetylenes is 2. The highest BCUT2D eigenvalue weighted by Gasteiger charge is 2.26. The van der Waals surface area contributed by atoms with E-state index in [0.29, 0.717) is 0 Å². The van der Waals surface area contributed by atoms with Gasteiger partial charge in [-0.2, -0.15) is 0 Å². The summed E-state index contributed by atoms with van der Waals surface area (Å²) in [6, 6.07) is 4.44. The summed E-state index contributed by atoms with van der Waals surface area (Å²) in [5, 5.41) is 2.61. The van der Waals surface area contributed by atoms with Gasteiger partial charge in [0.15, 0.2) is 0 Å². The molecule has 0 aliphatic heterocycles. The zero-order valence-corrected chi connectivity index (χ0v) is 14.3. The van der Waals surface area contributed by atoms with Crippen LogP contribution in [0.1, 0.15) is 11.1 Å². The molecule has 1 aromatic carbocycles. The van der Waals surface area contributed by atoms with Crippen LogP contribution in [-0.2, 0) is 0 Å². The molecule has 0 aromatic heterocycles. The monoisotopic (exact) mass is 270 g/mol. The van der Waals surface area contributed by atoms with Crippen molar-refractivity contribution >= 4 is 26.5 Å². The van der Waals surface area contributed by atoms with Gasteiger partial charge in [0.25, 0.3) is 0 Å². The van der Waals surface area contributed by atoms with Crippen LogP contribution in [0.4, 0.5) is 0 Å². The van der Waals surface area contributed by atoms with Crippen LogP contribution in [0.2, 0.25) is 39.3 Å². The molecule has 0 atom stereocenters. The predicted octanol–water partition coefficient (Wildman–Crippen LogP) is 2.74. The zero-order valence-electron chi connectivity index (χ0n) is 12.3. The van der Waals surface area contributed by atoms with Gasteiger partial charge >= 0.3 is 0 Å². The van der Waals surface area contributed by atoms with Crippen molar-refractivity contribution < 1.29 is 0 Å². The molecule has 0 aliphatic rings. The first-order valence-electron chi connectivity index (χ1n) is 6.24. The molecule has 1 rings (SSSR count). The van der Waals surface area contributed by atoms with Crippen molar-refractivity contribution in [1.82, 2.24) is 0 Å². The summed E-state index contributed by atoms with van der Waals surface area (Å²) in [6.07, 6.45) is 11.5. The second kappa shape index (κ2) is 4.80. The maximum absolute atomic E-state index is 5.73. The second-order valence-corrected chi connectivity index (χ2v) is 16.8. The summed E-state index contributed by atoms with van der Waals surface area (Å²) in [5.74, 6) is 5.70. The second-order valence-electron chi connectivity index (χ2n) is 6.70. The summed E-state index contributed by atoms with van der Waals surface area (Å²) in [4.78, 5) is 0. The Kier molecular flexibility index (Phi) is 3.96. The molecule has 0 aliphatic carbocycles. The smallest absolute Gasteiger partial charge is 0.0792 e. The molecule has 0 heterocycles. The van der Waals surface area contributed by atoms with Crippen molar-refractivity contribution in [3.8, 4) is 24.7 Å². The van der Waals surface area contributed by atoms with Gasteiger partial charge in [-0.15, -0.1) is 12.8 Å². The van der Waals surface area contributed by atoms with Gasteiger partial charge < -0.3 is 0 Å². The summed E-state index contributed by atoms with van der Waals surface area (Å²) in [7, 11) is -2.90. The highest BCUT2D eigenvalue weighted by molar-refractivity contribution is 6.91. The van der Waals surface area contributed by atoms with E-state index >= 15 is 0 Å². The van der Waals surface area contributed by atoms with Crippen molar-refractivity contribution in [1.29, 1.82) is 0 Å². The van der Waals surface area contributed by atoms with Gasteiger partial charge in [0.2, 0.25) is 0 Å². The van der Waals surface area contributed by atoms with Crippen molar-refractivity contribution in [2.75, 3.05) is 0 Å². The molecular weight excluding hydrogens is 248 g/mol. The average Bonchev–Trinajstić information content (AvgIpc) is 2.24. The van der Waals surface area contributed by atoms with E-state index in [4.69, 9.17) is 12.8 Å². The van der Waals surface area contributed by atoms with E-state index in [9.17, 15) is 0 Å². The summed E-state index contributed by atoms with van der Waals surface area (Å²) >= 11 is 0. The Bertz CT molecular complexity index is 490. The van der Waals surface area contributed by atoms with Crippen LogP contribution in [0.25, 0.3) is 0 Å². The van der Waals surface area contributed by atoms with Gasteiger partial charge in [0.1, 0.15) is 0 Å². The number of rotatable bonds is 2. The standard InChI is InChI=1S/C16H22Si2/c1-9-13-14(10-2)16(18(6,7)8)12-11-15(13)17(3,4)5/h1-2,11-12H,3-8H3. The Morgan fingerprint density at radius 1 is 0.722 bits per heavy atom. The molecule has 18 heavy (non-hydrogen) atoms. The van der Waals surface area contributed by atoms with Crippen LogP contribution in [0.5, 0.6) is 0 Å². The van der Waals surface area contributed by atoms with E-state index in [1.165, 1.54) is 10.4 Å². The first-order chi connectivity index (χ1) is 8.12. The predicted molar refractivity (Wildman–Crippen MR) is 88.3 cm³/mol. The van der Waals surface area contributed by atoms with E-state index in [-0.39, 0.29) is 0 Å². The summed E-state index contributed by atoms with van der Waals surface area (Å²) < 4.78 is 0. The number of hydrogen-bond donors (Lipinski definition) is 0. The average molecular weight is 271 g/mol. The minimum absolute atomic E-state index is 0.969. The van der Waals surface area contributed by atoms with Gasteiger partial charge in [-0.05, 0) is 10.4 Å². The lowest BCUT2D eigenvalue weighted by molar-refractivity contribution is 1.59. The molecule has 1 aromatic rings. The molecule has 0 radical (unpaired) electrons. The molecule has 0 nitrogen and oxygen atoms in total. The highest BCUT2D eigenvalue weighted by Crippen LogP contribution is 2.13. The van der Waals surface area contributed by atoms with E-state index in [1.807, 2.05) is 0 Å². The van der Waals surface area contributed by atoms with Crippen LogP contribution in [-0.4, -0.2) is 16.1 Å². The lowest BCUT2D eigenvalue weighted by atomic mass is 10.1. The van der Waals surface area contributed by atoms with Crippen LogP contribution >= 0.6 is 0 Å². The molecule has 0 N–H and O–H groups in total.